The van der Waals surface area contributed by atoms with Gasteiger partial charge in [-0.3, -0.25) is 9.59 Å². The minimum atomic E-state index is -0.829. The fourth-order valence-corrected chi connectivity index (χ4v) is 6.74. The molecular weight excluding hydrogens is 380 g/mol. The number of hydrogen-bond donors (Lipinski definition) is 1. The Morgan fingerprint density at radius 2 is 1.87 bits per heavy atom. The maximum atomic E-state index is 12.3. The monoisotopic (exact) mass is 420 g/mol. The van der Waals surface area contributed by atoms with Crippen molar-refractivity contribution in [1.82, 2.24) is 0 Å². The summed E-state index contributed by atoms with van der Waals surface area (Å²) in [6.07, 6.45) is 8.50. The summed E-state index contributed by atoms with van der Waals surface area (Å²) in [5.41, 5.74) is -0.106. The van der Waals surface area contributed by atoms with Gasteiger partial charge in [-0.2, -0.15) is 0 Å². The molecule has 0 aromatic carbocycles. The second kappa shape index (κ2) is 7.96. The van der Waals surface area contributed by atoms with Crippen molar-refractivity contribution in [1.29, 1.82) is 0 Å². The standard InChI is InChI=1S/C25H40O5/c1-17(2)14-21(28)29-16-18-8-9-19-22(3,4)10-7-11-24(19,6)25(18)13-12-23(5,30-25)15-20(26)27/h8,17,19H,7,9-16H2,1-6H3,(H,26,27). The molecule has 0 radical (unpaired) electrons. The van der Waals surface area contributed by atoms with Crippen molar-refractivity contribution in [2.24, 2.45) is 22.7 Å². The van der Waals surface area contributed by atoms with Gasteiger partial charge in [0.15, 0.2) is 0 Å². The number of hydrogen-bond acceptors (Lipinski definition) is 4. The van der Waals surface area contributed by atoms with Crippen LogP contribution in [0.2, 0.25) is 0 Å². The van der Waals surface area contributed by atoms with Crippen molar-refractivity contribution in [2.75, 3.05) is 6.61 Å². The molecule has 170 valence electrons. The summed E-state index contributed by atoms with van der Waals surface area (Å²) < 4.78 is 12.5. The van der Waals surface area contributed by atoms with Crippen molar-refractivity contribution >= 4 is 11.9 Å². The number of esters is 1. The Balaban J connectivity index is 1.96. The highest BCUT2D eigenvalue weighted by Crippen LogP contribution is 2.66. The zero-order valence-electron chi connectivity index (χ0n) is 19.7. The zero-order chi connectivity index (χ0) is 22.4. The summed E-state index contributed by atoms with van der Waals surface area (Å²) in [6, 6.07) is 0. The second-order valence-corrected chi connectivity index (χ2v) is 11.5. The molecule has 1 saturated heterocycles. The summed E-state index contributed by atoms with van der Waals surface area (Å²) in [4.78, 5) is 23.8. The van der Waals surface area contributed by atoms with Gasteiger partial charge in [0.1, 0.15) is 6.61 Å². The van der Waals surface area contributed by atoms with E-state index in [0.717, 1.165) is 31.3 Å². The van der Waals surface area contributed by atoms with Crippen molar-refractivity contribution in [3.8, 4) is 0 Å². The van der Waals surface area contributed by atoms with Gasteiger partial charge in [0.2, 0.25) is 0 Å². The third kappa shape index (κ3) is 4.06. The molecule has 2 fully saturated rings. The molecule has 4 unspecified atom stereocenters. The van der Waals surface area contributed by atoms with Crippen LogP contribution in [0.4, 0.5) is 0 Å². The first kappa shape index (κ1) is 23.3. The molecule has 0 bridgehead atoms. The molecular formula is C25H40O5. The number of carboxylic acid groups (broad SMARTS) is 1. The van der Waals surface area contributed by atoms with Crippen LogP contribution in [0.5, 0.6) is 0 Å². The van der Waals surface area contributed by atoms with Gasteiger partial charge in [-0.05, 0) is 61.9 Å². The average Bonchev–Trinajstić information content (AvgIpc) is 2.93. The predicted octanol–water partition coefficient (Wildman–Crippen LogP) is 5.52. The maximum Gasteiger partial charge on any atom is 0.306 e. The number of carbonyl (C=O) groups is 2. The van der Waals surface area contributed by atoms with Crippen LogP contribution in [0, 0.1) is 22.7 Å². The van der Waals surface area contributed by atoms with Crippen LogP contribution in [0.25, 0.3) is 0 Å². The van der Waals surface area contributed by atoms with E-state index in [9.17, 15) is 14.7 Å². The van der Waals surface area contributed by atoms with Gasteiger partial charge in [0.05, 0.1) is 17.6 Å². The molecule has 0 aromatic rings. The fourth-order valence-electron chi connectivity index (χ4n) is 6.74. The van der Waals surface area contributed by atoms with E-state index in [1.165, 1.54) is 6.42 Å². The number of carboxylic acids is 1. The van der Waals surface area contributed by atoms with Crippen LogP contribution >= 0.6 is 0 Å². The molecule has 1 aliphatic heterocycles. The van der Waals surface area contributed by atoms with E-state index in [0.29, 0.717) is 18.8 Å². The summed E-state index contributed by atoms with van der Waals surface area (Å²) in [7, 11) is 0. The Morgan fingerprint density at radius 1 is 1.17 bits per heavy atom. The van der Waals surface area contributed by atoms with E-state index in [4.69, 9.17) is 9.47 Å². The van der Waals surface area contributed by atoms with Crippen molar-refractivity contribution < 1.29 is 24.2 Å². The Kier molecular flexibility index (Phi) is 6.18. The smallest absolute Gasteiger partial charge is 0.306 e. The number of ether oxygens (including phenoxy) is 2. The number of aliphatic carboxylic acids is 1. The van der Waals surface area contributed by atoms with E-state index in [2.05, 4.69) is 26.8 Å². The van der Waals surface area contributed by atoms with Gasteiger partial charge in [-0.1, -0.05) is 47.1 Å². The van der Waals surface area contributed by atoms with Crippen LogP contribution in [-0.2, 0) is 19.1 Å². The van der Waals surface area contributed by atoms with Gasteiger partial charge in [-0.25, -0.2) is 0 Å². The molecule has 1 N–H and O–H groups in total. The van der Waals surface area contributed by atoms with E-state index >= 15 is 0 Å². The summed E-state index contributed by atoms with van der Waals surface area (Å²) in [6.45, 7) is 13.3. The molecule has 1 spiro atoms. The van der Waals surface area contributed by atoms with Crippen LogP contribution in [0.3, 0.4) is 0 Å². The van der Waals surface area contributed by atoms with Gasteiger partial charge in [0, 0.05) is 11.8 Å². The largest absolute Gasteiger partial charge is 0.481 e. The van der Waals surface area contributed by atoms with E-state index in [-0.39, 0.29) is 35.7 Å². The van der Waals surface area contributed by atoms with E-state index < -0.39 is 17.2 Å². The van der Waals surface area contributed by atoms with Crippen molar-refractivity contribution in [2.45, 2.75) is 104 Å². The lowest BCUT2D eigenvalue weighted by atomic mass is 9.46. The van der Waals surface area contributed by atoms with Gasteiger partial charge < -0.3 is 14.6 Å². The minimum Gasteiger partial charge on any atom is -0.481 e. The van der Waals surface area contributed by atoms with Crippen molar-refractivity contribution in [3.05, 3.63) is 11.6 Å². The van der Waals surface area contributed by atoms with Crippen LogP contribution in [0.15, 0.2) is 11.6 Å². The lowest BCUT2D eigenvalue weighted by molar-refractivity contribution is -0.196. The summed E-state index contributed by atoms with van der Waals surface area (Å²) >= 11 is 0. The first-order chi connectivity index (χ1) is 13.8. The molecule has 0 aromatic heterocycles. The molecule has 1 heterocycles. The van der Waals surface area contributed by atoms with E-state index in [1.807, 2.05) is 20.8 Å². The molecule has 5 nitrogen and oxygen atoms in total. The maximum absolute atomic E-state index is 12.3. The topological polar surface area (TPSA) is 72.8 Å². The number of carbonyl (C=O) groups excluding carboxylic acids is 1. The Labute approximate surface area is 181 Å². The van der Waals surface area contributed by atoms with Crippen LogP contribution in [-0.4, -0.2) is 34.9 Å². The van der Waals surface area contributed by atoms with Crippen LogP contribution < -0.4 is 0 Å². The number of rotatable bonds is 6. The van der Waals surface area contributed by atoms with Crippen LogP contribution in [0.1, 0.15) is 92.9 Å². The number of fused-ring (bicyclic) bond motifs is 2. The molecule has 30 heavy (non-hydrogen) atoms. The Hall–Kier alpha value is -1.36. The predicted molar refractivity (Wildman–Crippen MR) is 116 cm³/mol. The molecule has 0 amide bonds. The average molecular weight is 421 g/mol. The first-order valence-electron chi connectivity index (χ1n) is 11.6. The normalized spacial score (nSPS) is 37.7. The van der Waals surface area contributed by atoms with Gasteiger partial charge >= 0.3 is 11.9 Å². The Morgan fingerprint density at radius 3 is 2.50 bits per heavy atom. The fraction of sp³-hybridized carbons (Fsp3) is 0.840. The van der Waals surface area contributed by atoms with Gasteiger partial charge in [0.25, 0.3) is 0 Å². The van der Waals surface area contributed by atoms with Gasteiger partial charge in [-0.15, -0.1) is 0 Å². The lowest BCUT2D eigenvalue weighted by Gasteiger charge is -2.61. The quantitative estimate of drug-likeness (QED) is 0.452. The third-order valence-corrected chi connectivity index (χ3v) is 8.19. The highest BCUT2D eigenvalue weighted by molar-refractivity contribution is 5.70. The SMILES string of the molecule is CC(C)CC(=O)OCC1=CCC2C(C)(C)CCCC2(C)C12CCC(C)(CC(=O)O)O2. The third-order valence-electron chi connectivity index (χ3n) is 8.19. The minimum absolute atomic E-state index is 0.000688. The molecule has 2 aliphatic carbocycles. The lowest BCUT2D eigenvalue weighted by Crippen LogP contribution is -2.60. The summed E-state index contributed by atoms with van der Waals surface area (Å²) in [5, 5.41) is 9.47. The molecule has 3 aliphatic rings. The molecule has 5 heteroatoms. The first-order valence-corrected chi connectivity index (χ1v) is 11.6. The van der Waals surface area contributed by atoms with Crippen molar-refractivity contribution in [3.63, 3.8) is 0 Å². The second-order valence-electron chi connectivity index (χ2n) is 11.5. The molecule has 1 saturated carbocycles. The zero-order valence-corrected chi connectivity index (χ0v) is 19.7. The summed E-state index contributed by atoms with van der Waals surface area (Å²) in [5.74, 6) is -0.288. The highest BCUT2D eigenvalue weighted by Gasteiger charge is 2.65. The van der Waals surface area contributed by atoms with E-state index in [1.54, 1.807) is 0 Å². The highest BCUT2D eigenvalue weighted by atomic mass is 16.5. The molecule has 3 rings (SSSR count). The molecule has 4 atom stereocenters. The number of allylic oxidation sites excluding steroid dienone is 1. The Bertz CT molecular complexity index is 723.